The lowest BCUT2D eigenvalue weighted by atomic mass is 10.3. The van der Waals surface area contributed by atoms with E-state index in [4.69, 9.17) is 12.2 Å². The molecule has 11 nitrogen and oxygen atoms in total. The van der Waals surface area contributed by atoms with Crippen LogP contribution < -0.4 is 15.7 Å². The molecule has 0 atom stereocenters. The molecule has 3 N–H and O–H groups in total. The average Bonchev–Trinajstić information content (AvgIpc) is 3.34. The number of aromatic nitrogens is 5. The van der Waals surface area contributed by atoms with Gasteiger partial charge in [-0.15, -0.1) is 11.3 Å². The van der Waals surface area contributed by atoms with Crippen LogP contribution in [0.2, 0.25) is 0 Å². The van der Waals surface area contributed by atoms with Crippen LogP contribution in [0.1, 0.15) is 22.0 Å². The predicted molar refractivity (Wildman–Crippen MR) is 143 cm³/mol. The molecule has 3 heterocycles. The van der Waals surface area contributed by atoms with E-state index in [0.717, 1.165) is 9.55 Å². The summed E-state index contributed by atoms with van der Waals surface area (Å²) in [6, 6.07) is 11.4. The highest BCUT2D eigenvalue weighted by atomic mass is 32.2. The van der Waals surface area contributed by atoms with Crippen LogP contribution in [0, 0.1) is 18.6 Å². The summed E-state index contributed by atoms with van der Waals surface area (Å²) >= 11 is 6.67. The SMILES string of the molecule is Cc1cc(C)nc(NS(=O)(=O)c2ccc(N=CNn3c(=S)[nH]nc(/C=C/c4cccs4)c3=O)cc2)n1. The van der Waals surface area contributed by atoms with Gasteiger partial charge in [0.25, 0.3) is 15.6 Å². The number of nitrogens with zero attached hydrogens (tertiary/aromatic N) is 5. The Labute approximate surface area is 215 Å². The molecule has 0 saturated carbocycles. The molecule has 0 unspecified atom stereocenters. The third-order valence-electron chi connectivity index (χ3n) is 4.60. The molecule has 184 valence electrons. The molecule has 0 saturated heterocycles. The zero-order valence-electron chi connectivity index (χ0n) is 19.0. The van der Waals surface area contributed by atoms with Crippen molar-refractivity contribution in [3.8, 4) is 0 Å². The number of nitrogens with one attached hydrogen (secondary N) is 3. The Balaban J connectivity index is 1.46. The summed E-state index contributed by atoms with van der Waals surface area (Å²) < 4.78 is 28.8. The van der Waals surface area contributed by atoms with E-state index in [1.165, 1.54) is 41.9 Å². The smallest absolute Gasteiger partial charge is 0.278 e. The van der Waals surface area contributed by atoms with Crippen molar-refractivity contribution < 1.29 is 8.42 Å². The summed E-state index contributed by atoms with van der Waals surface area (Å²) in [4.78, 5) is 26.1. The number of hydrogen-bond acceptors (Lipinski definition) is 9. The van der Waals surface area contributed by atoms with Gasteiger partial charge in [-0.2, -0.15) is 9.77 Å². The number of aryl methyl sites for hydroxylation is 2. The van der Waals surface area contributed by atoms with E-state index >= 15 is 0 Å². The van der Waals surface area contributed by atoms with Gasteiger partial charge in [-0.25, -0.2) is 28.1 Å². The molecule has 4 aromatic rings. The number of thiophene rings is 1. The second kappa shape index (κ2) is 10.7. The molecule has 0 spiro atoms. The second-order valence-corrected chi connectivity index (χ2v) is 10.4. The van der Waals surface area contributed by atoms with E-state index in [0.29, 0.717) is 17.1 Å². The van der Waals surface area contributed by atoms with Gasteiger partial charge < -0.3 is 0 Å². The second-order valence-electron chi connectivity index (χ2n) is 7.36. The summed E-state index contributed by atoms with van der Waals surface area (Å²) in [5.41, 5.74) is 4.15. The van der Waals surface area contributed by atoms with E-state index < -0.39 is 15.6 Å². The van der Waals surface area contributed by atoms with Gasteiger partial charge in [0.15, 0.2) is 5.69 Å². The highest BCUT2D eigenvalue weighted by Gasteiger charge is 2.16. The third kappa shape index (κ3) is 6.16. The van der Waals surface area contributed by atoms with Gasteiger partial charge in [0.05, 0.1) is 10.6 Å². The largest absolute Gasteiger partial charge is 0.299 e. The Hall–Kier alpha value is -4.01. The minimum Gasteiger partial charge on any atom is -0.278 e. The summed E-state index contributed by atoms with van der Waals surface area (Å²) in [5.74, 6) is 0.00252. The quantitative estimate of drug-likeness (QED) is 0.174. The van der Waals surface area contributed by atoms with Crippen LogP contribution in [0.4, 0.5) is 11.6 Å². The molecule has 0 amide bonds. The number of benzene rings is 1. The third-order valence-corrected chi connectivity index (χ3v) is 7.06. The average molecular weight is 541 g/mol. The predicted octanol–water partition coefficient (Wildman–Crippen LogP) is 3.64. The first-order valence-corrected chi connectivity index (χ1v) is 13.2. The molecule has 3 aromatic heterocycles. The fourth-order valence-corrected chi connectivity index (χ4v) is 4.75. The van der Waals surface area contributed by atoms with Gasteiger partial charge in [-0.05, 0) is 80.0 Å². The van der Waals surface area contributed by atoms with Crippen LogP contribution in [0.25, 0.3) is 12.2 Å². The van der Waals surface area contributed by atoms with Gasteiger partial charge in [-0.1, -0.05) is 6.07 Å². The van der Waals surface area contributed by atoms with Crippen molar-refractivity contribution in [3.63, 3.8) is 0 Å². The lowest BCUT2D eigenvalue weighted by Gasteiger charge is -2.08. The number of sulfonamides is 1. The van der Waals surface area contributed by atoms with Crippen molar-refractivity contribution in [2.24, 2.45) is 4.99 Å². The number of rotatable bonds is 8. The maximum Gasteiger partial charge on any atom is 0.299 e. The zero-order chi connectivity index (χ0) is 25.7. The van der Waals surface area contributed by atoms with Crippen LogP contribution in [0.15, 0.2) is 62.5 Å². The van der Waals surface area contributed by atoms with Gasteiger partial charge >= 0.3 is 0 Å². The van der Waals surface area contributed by atoms with Crippen LogP contribution in [-0.4, -0.2) is 39.6 Å². The van der Waals surface area contributed by atoms with Gasteiger partial charge in [0.2, 0.25) is 10.7 Å². The number of aromatic amines is 1. The first kappa shape index (κ1) is 25.1. The monoisotopic (exact) mass is 540 g/mol. The molecule has 0 fully saturated rings. The molecular weight excluding hydrogens is 520 g/mol. The first-order valence-electron chi connectivity index (χ1n) is 10.4. The molecule has 4 rings (SSSR count). The van der Waals surface area contributed by atoms with Crippen LogP contribution in [0.5, 0.6) is 0 Å². The van der Waals surface area contributed by atoms with Crippen LogP contribution in [0.3, 0.4) is 0 Å². The van der Waals surface area contributed by atoms with Gasteiger partial charge in [0, 0.05) is 16.3 Å². The lowest BCUT2D eigenvalue weighted by molar-refractivity contribution is 0.601. The Kier molecular flexibility index (Phi) is 7.47. The fourth-order valence-electron chi connectivity index (χ4n) is 3.01. The topological polar surface area (TPSA) is 147 Å². The number of H-pyrrole nitrogens is 1. The number of anilines is 1. The fraction of sp³-hybridized carbons (Fsp3) is 0.0909. The molecule has 14 heteroatoms. The molecule has 1 aromatic carbocycles. The van der Waals surface area contributed by atoms with E-state index in [1.54, 1.807) is 32.1 Å². The Morgan fingerprint density at radius 1 is 1.11 bits per heavy atom. The standard InChI is InChI=1S/C22H20N8O3S3/c1-14-12-15(2)26-21(25-14)29-36(32,33)18-8-5-16(6-9-18)23-13-24-30-20(31)19(27-28-22(30)34)10-7-17-4-3-11-35-17/h3-13H,1-2H3,(H,23,24)(H,28,34)(H,25,26,29)/b10-7+. The molecule has 0 aliphatic rings. The molecule has 36 heavy (non-hydrogen) atoms. The van der Waals surface area contributed by atoms with Crippen LogP contribution in [-0.2, 0) is 10.0 Å². The maximum atomic E-state index is 12.7. The van der Waals surface area contributed by atoms with Gasteiger partial charge in [-0.3, -0.25) is 15.3 Å². The molecule has 0 aliphatic heterocycles. The first-order chi connectivity index (χ1) is 17.2. The van der Waals surface area contributed by atoms with Crippen molar-refractivity contribution in [1.29, 1.82) is 0 Å². The molecule has 0 aliphatic carbocycles. The highest BCUT2D eigenvalue weighted by molar-refractivity contribution is 7.92. The Morgan fingerprint density at radius 3 is 2.50 bits per heavy atom. The maximum absolute atomic E-state index is 12.7. The summed E-state index contributed by atoms with van der Waals surface area (Å²) in [6.07, 6.45) is 4.63. The summed E-state index contributed by atoms with van der Waals surface area (Å²) in [6.45, 7) is 3.51. The normalized spacial score (nSPS) is 11.8. The Morgan fingerprint density at radius 2 is 1.83 bits per heavy atom. The number of aliphatic imine (C=N–C) groups is 1. The highest BCUT2D eigenvalue weighted by Crippen LogP contribution is 2.18. The van der Waals surface area contributed by atoms with E-state index in [-0.39, 0.29) is 21.3 Å². The van der Waals surface area contributed by atoms with Crippen molar-refractivity contribution in [2.75, 3.05) is 10.1 Å². The summed E-state index contributed by atoms with van der Waals surface area (Å²) in [7, 11) is -3.88. The summed E-state index contributed by atoms with van der Waals surface area (Å²) in [5, 5.41) is 8.52. The molecule has 0 bridgehead atoms. The zero-order valence-corrected chi connectivity index (χ0v) is 21.5. The number of hydrogen-bond donors (Lipinski definition) is 3. The van der Waals surface area contributed by atoms with Crippen LogP contribution >= 0.6 is 23.6 Å². The van der Waals surface area contributed by atoms with E-state index in [2.05, 4.69) is 35.3 Å². The van der Waals surface area contributed by atoms with Crippen molar-refractivity contribution in [2.45, 2.75) is 18.7 Å². The lowest BCUT2D eigenvalue weighted by Crippen LogP contribution is -2.32. The Bertz CT molecular complexity index is 1640. The van der Waals surface area contributed by atoms with Crippen molar-refractivity contribution >= 4 is 63.7 Å². The van der Waals surface area contributed by atoms with E-state index in [1.807, 2.05) is 17.5 Å². The van der Waals surface area contributed by atoms with Crippen molar-refractivity contribution in [3.05, 3.63) is 84.9 Å². The van der Waals surface area contributed by atoms with Crippen molar-refractivity contribution in [1.82, 2.24) is 24.8 Å². The molecule has 0 radical (unpaired) electrons. The molecular formula is C22H20N8O3S3. The van der Waals surface area contributed by atoms with Gasteiger partial charge in [0.1, 0.15) is 6.34 Å². The van der Waals surface area contributed by atoms with E-state index in [9.17, 15) is 13.2 Å². The minimum atomic E-state index is -3.88. The minimum absolute atomic E-state index is 0.00252.